The number of aryl methyl sites for hydroxylation is 1. The van der Waals surface area contributed by atoms with Crippen LogP contribution in [-0.2, 0) is 16.2 Å². The van der Waals surface area contributed by atoms with Crippen molar-refractivity contribution in [2.75, 3.05) is 6.61 Å². The summed E-state index contributed by atoms with van der Waals surface area (Å²) in [7, 11) is 0. The Kier molecular flexibility index (Phi) is 5.09. The van der Waals surface area contributed by atoms with Crippen LogP contribution in [0, 0.1) is 0 Å². The minimum Gasteiger partial charge on any atom is -0.479 e. The molecular weight excluding hydrogens is 326 g/mol. The van der Waals surface area contributed by atoms with E-state index in [0.29, 0.717) is 21.6 Å². The Morgan fingerprint density at radius 1 is 1.48 bits per heavy atom. The number of thiophene rings is 1. The van der Waals surface area contributed by atoms with Gasteiger partial charge in [0, 0.05) is 12.7 Å². The molecule has 0 atom stereocenters. The monoisotopic (exact) mass is 339 g/mol. The fraction of sp³-hybridized carbons (Fsp3) is 0.231. The first-order valence-electron chi connectivity index (χ1n) is 6.46. The lowest BCUT2D eigenvalue weighted by Crippen LogP contribution is -2.17. The number of carboxylic acids is 2. The molecule has 23 heavy (non-hydrogen) atoms. The maximum atomic E-state index is 12.2. The summed E-state index contributed by atoms with van der Waals surface area (Å²) in [6, 6.07) is 1.53. The number of aromatic carboxylic acids is 1. The zero-order chi connectivity index (χ0) is 17.0. The molecule has 0 saturated heterocycles. The summed E-state index contributed by atoms with van der Waals surface area (Å²) in [4.78, 5) is 39.3. The molecule has 0 aromatic carbocycles. The molecule has 3 N–H and O–H groups in total. The predicted molar refractivity (Wildman–Crippen MR) is 83.0 cm³/mol. The average molecular weight is 339 g/mol. The summed E-state index contributed by atoms with van der Waals surface area (Å²) < 4.78 is 1.68. The Morgan fingerprint density at radius 2 is 2.22 bits per heavy atom. The molecule has 0 amide bonds. The van der Waals surface area contributed by atoms with Crippen molar-refractivity contribution in [1.82, 2.24) is 10.2 Å². The number of carbonyl (C=O) groups is 2. The predicted octanol–water partition coefficient (Wildman–Crippen LogP) is 0.721. The van der Waals surface area contributed by atoms with Crippen molar-refractivity contribution >= 4 is 39.7 Å². The number of rotatable bonds is 7. The minimum atomic E-state index is -1.27. The lowest BCUT2D eigenvalue weighted by Gasteiger charge is -2.05. The van der Waals surface area contributed by atoms with E-state index < -0.39 is 24.0 Å². The third kappa shape index (κ3) is 3.73. The minimum absolute atomic E-state index is 0.288. The van der Waals surface area contributed by atoms with Gasteiger partial charge in [-0.2, -0.15) is 10.7 Å². The van der Waals surface area contributed by atoms with Crippen LogP contribution in [0.2, 0.25) is 0 Å². The van der Waals surface area contributed by atoms with E-state index in [1.807, 2.05) is 6.92 Å². The summed E-state index contributed by atoms with van der Waals surface area (Å²) in [6.45, 7) is 1.80. The fourth-order valence-corrected chi connectivity index (χ4v) is 2.93. The quantitative estimate of drug-likeness (QED) is 0.385. The molecule has 0 aliphatic carbocycles. The molecule has 0 spiro atoms. The van der Waals surface area contributed by atoms with E-state index in [0.717, 1.165) is 0 Å². The topological polar surface area (TPSA) is 130 Å². The van der Waals surface area contributed by atoms with Crippen LogP contribution in [-0.4, -0.2) is 39.5 Å². The van der Waals surface area contributed by atoms with Gasteiger partial charge in [0.15, 0.2) is 6.61 Å². The van der Waals surface area contributed by atoms with Crippen LogP contribution in [0.4, 0.5) is 0 Å². The first-order valence-corrected chi connectivity index (χ1v) is 7.27. The summed E-state index contributed by atoms with van der Waals surface area (Å²) >= 11 is 1.26. The second kappa shape index (κ2) is 7.03. The largest absolute Gasteiger partial charge is 0.479 e. The summed E-state index contributed by atoms with van der Waals surface area (Å²) in [5, 5.41) is 21.4. The van der Waals surface area contributed by atoms with Crippen LogP contribution in [0.3, 0.4) is 0 Å². The van der Waals surface area contributed by atoms with Crippen LogP contribution < -0.4 is 11.0 Å². The number of fused-ring (bicyclic) bond motifs is 1. The van der Waals surface area contributed by atoms with Crippen molar-refractivity contribution in [2.24, 2.45) is 5.10 Å². The van der Waals surface area contributed by atoms with Crippen LogP contribution in [0.5, 0.6) is 0 Å². The highest BCUT2D eigenvalue weighted by Crippen LogP contribution is 2.22. The van der Waals surface area contributed by atoms with E-state index in [-0.39, 0.29) is 5.56 Å². The number of nitrogens with one attached hydrogen (secondary N) is 1. The van der Waals surface area contributed by atoms with Gasteiger partial charge in [0.25, 0.3) is 0 Å². The van der Waals surface area contributed by atoms with Gasteiger partial charge < -0.3 is 14.8 Å². The van der Waals surface area contributed by atoms with Gasteiger partial charge in [-0.1, -0.05) is 0 Å². The molecule has 0 bridgehead atoms. The van der Waals surface area contributed by atoms with Gasteiger partial charge in [0.05, 0.1) is 16.5 Å². The molecule has 0 aliphatic rings. The first kappa shape index (κ1) is 16.6. The van der Waals surface area contributed by atoms with Gasteiger partial charge in [0.1, 0.15) is 10.4 Å². The van der Waals surface area contributed by atoms with Crippen molar-refractivity contribution in [3.05, 3.63) is 32.9 Å². The Labute approximate surface area is 133 Å². The standard InChI is InChI=1S/C13H13N3O6S/c1-2-16-5-9(13(20)21)11(19)8-3-7(23-12(8)16)4-14-15-22-6-10(17)18/h3-5,15H,2,6H2,1H3,(H,17,18)(H,20,21). The number of aromatic nitrogens is 1. The smallest absolute Gasteiger partial charge is 0.341 e. The second-order valence-corrected chi connectivity index (χ2v) is 5.42. The first-order chi connectivity index (χ1) is 10.9. The SMILES string of the molecule is CCn1cc(C(=O)O)c(=O)c2cc(C=NNOCC(=O)O)sc21. The van der Waals surface area contributed by atoms with Crippen molar-refractivity contribution < 1.29 is 24.6 Å². The molecular formula is C13H13N3O6S. The molecule has 2 rings (SSSR count). The van der Waals surface area contributed by atoms with Crippen LogP contribution in [0.25, 0.3) is 10.2 Å². The van der Waals surface area contributed by atoms with Crippen LogP contribution in [0.1, 0.15) is 22.2 Å². The molecule has 9 nitrogen and oxygen atoms in total. The highest BCUT2D eigenvalue weighted by atomic mass is 32.1. The number of nitrogens with zero attached hydrogens (tertiary/aromatic N) is 2. The van der Waals surface area contributed by atoms with Crippen molar-refractivity contribution in [1.29, 1.82) is 0 Å². The Morgan fingerprint density at radius 3 is 2.83 bits per heavy atom. The lowest BCUT2D eigenvalue weighted by molar-refractivity contribution is -0.145. The average Bonchev–Trinajstić information content (AvgIpc) is 2.91. The number of hydrazone groups is 1. The second-order valence-electron chi connectivity index (χ2n) is 4.36. The third-order valence-electron chi connectivity index (χ3n) is 2.84. The summed E-state index contributed by atoms with van der Waals surface area (Å²) in [6.07, 6.45) is 2.67. The summed E-state index contributed by atoms with van der Waals surface area (Å²) in [5.41, 5.74) is 1.26. The van der Waals surface area contributed by atoms with Gasteiger partial charge in [-0.3, -0.25) is 4.79 Å². The van der Waals surface area contributed by atoms with E-state index in [1.165, 1.54) is 29.8 Å². The Hall–Kier alpha value is -2.72. The van der Waals surface area contributed by atoms with E-state index in [9.17, 15) is 14.4 Å². The molecule has 122 valence electrons. The number of hydrogen-bond donors (Lipinski definition) is 3. The molecule has 0 aliphatic heterocycles. The molecule has 0 fully saturated rings. The zero-order valence-corrected chi connectivity index (χ0v) is 12.8. The summed E-state index contributed by atoms with van der Waals surface area (Å²) in [5.74, 6) is -2.42. The van der Waals surface area contributed by atoms with E-state index >= 15 is 0 Å². The number of carboxylic acid groups (broad SMARTS) is 2. The van der Waals surface area contributed by atoms with Gasteiger partial charge >= 0.3 is 11.9 Å². The van der Waals surface area contributed by atoms with Gasteiger partial charge in [-0.25, -0.2) is 14.4 Å². The maximum Gasteiger partial charge on any atom is 0.341 e. The lowest BCUT2D eigenvalue weighted by atomic mass is 10.2. The highest BCUT2D eigenvalue weighted by Gasteiger charge is 2.16. The van der Waals surface area contributed by atoms with Crippen molar-refractivity contribution in [3.63, 3.8) is 0 Å². The molecule has 0 unspecified atom stereocenters. The molecule has 2 aromatic heterocycles. The molecule has 2 aromatic rings. The van der Waals surface area contributed by atoms with Gasteiger partial charge in [-0.05, 0) is 13.0 Å². The zero-order valence-electron chi connectivity index (χ0n) is 12.0. The number of aliphatic carboxylic acids is 1. The van der Waals surface area contributed by atoms with Gasteiger partial charge in [-0.15, -0.1) is 11.3 Å². The van der Waals surface area contributed by atoms with Crippen LogP contribution in [0.15, 0.2) is 22.2 Å². The van der Waals surface area contributed by atoms with E-state index in [1.54, 1.807) is 4.57 Å². The molecule has 10 heteroatoms. The number of pyridine rings is 1. The third-order valence-corrected chi connectivity index (χ3v) is 3.95. The molecule has 0 radical (unpaired) electrons. The normalized spacial score (nSPS) is 11.2. The van der Waals surface area contributed by atoms with Crippen LogP contribution >= 0.6 is 11.3 Å². The van der Waals surface area contributed by atoms with Crippen molar-refractivity contribution in [2.45, 2.75) is 13.5 Å². The van der Waals surface area contributed by atoms with Gasteiger partial charge in [0.2, 0.25) is 5.43 Å². The Balaban J connectivity index is 2.32. The Bertz CT molecular complexity index is 838. The maximum absolute atomic E-state index is 12.2. The molecule has 2 heterocycles. The van der Waals surface area contributed by atoms with E-state index in [2.05, 4.69) is 15.5 Å². The fourth-order valence-electron chi connectivity index (χ4n) is 1.87. The molecule has 0 saturated carbocycles. The number of hydrogen-bond acceptors (Lipinski definition) is 7. The highest BCUT2D eigenvalue weighted by molar-refractivity contribution is 7.20. The van der Waals surface area contributed by atoms with Crippen molar-refractivity contribution in [3.8, 4) is 0 Å². The van der Waals surface area contributed by atoms with E-state index in [4.69, 9.17) is 10.2 Å².